The van der Waals surface area contributed by atoms with E-state index in [0.717, 1.165) is 24.0 Å². The molecule has 196 valence electrons. The molecule has 0 saturated heterocycles. The van der Waals surface area contributed by atoms with Crippen LogP contribution in [0.25, 0.3) is 0 Å². The minimum Gasteiger partial charge on any atom is -0.491 e. The molecule has 0 bridgehead atoms. The van der Waals surface area contributed by atoms with E-state index in [2.05, 4.69) is 30.6 Å². The highest BCUT2D eigenvalue weighted by molar-refractivity contribution is 7.10. The minimum atomic E-state index is -0.264. The molecular formula is C29H34ClN3O3S. The van der Waals surface area contributed by atoms with Gasteiger partial charge in [-0.3, -0.25) is 4.79 Å². The largest absolute Gasteiger partial charge is 0.491 e. The molecule has 37 heavy (non-hydrogen) atoms. The van der Waals surface area contributed by atoms with Gasteiger partial charge in [0, 0.05) is 28.7 Å². The van der Waals surface area contributed by atoms with Crippen LogP contribution >= 0.6 is 22.9 Å². The molecule has 0 aliphatic carbocycles. The summed E-state index contributed by atoms with van der Waals surface area (Å²) in [5, 5.41) is 5.67. The molecular weight excluding hydrogens is 506 g/mol. The molecule has 0 radical (unpaired) electrons. The maximum atomic E-state index is 13.7. The molecule has 6 nitrogen and oxygen atoms in total. The Kier molecular flexibility index (Phi) is 9.11. The third-order valence-electron chi connectivity index (χ3n) is 6.53. The molecule has 1 aliphatic heterocycles. The molecule has 1 aromatic heterocycles. The Morgan fingerprint density at radius 3 is 2.57 bits per heavy atom. The zero-order chi connectivity index (χ0) is 26.4. The number of nitrogens with one attached hydrogen (secondary N) is 1. The fraction of sp³-hybridized carbons (Fsp3) is 0.379. The first-order valence-electron chi connectivity index (χ1n) is 12.7. The molecule has 4 rings (SSSR count). The first kappa shape index (κ1) is 27.0. The topological polar surface area (TPSA) is 61.9 Å². The molecule has 0 saturated carbocycles. The van der Waals surface area contributed by atoms with E-state index < -0.39 is 0 Å². The second-order valence-corrected chi connectivity index (χ2v) is 11.3. The summed E-state index contributed by atoms with van der Waals surface area (Å²) in [4.78, 5) is 31.7. The number of anilines is 1. The van der Waals surface area contributed by atoms with Gasteiger partial charge in [-0.15, -0.1) is 11.3 Å². The number of benzene rings is 2. The van der Waals surface area contributed by atoms with Crippen LogP contribution in [0.15, 0.2) is 60.0 Å². The Morgan fingerprint density at radius 2 is 1.86 bits per heavy atom. The van der Waals surface area contributed by atoms with Crippen molar-refractivity contribution >= 4 is 40.6 Å². The zero-order valence-electron chi connectivity index (χ0n) is 21.6. The molecule has 2 aromatic carbocycles. The number of carbonyl (C=O) groups is 2. The fourth-order valence-electron chi connectivity index (χ4n) is 4.34. The third-order valence-corrected chi connectivity index (χ3v) is 7.78. The number of hydrogen-bond acceptors (Lipinski definition) is 4. The Labute approximate surface area is 228 Å². The van der Waals surface area contributed by atoms with Crippen molar-refractivity contribution in [2.45, 2.75) is 39.7 Å². The highest BCUT2D eigenvalue weighted by Gasteiger charge is 2.33. The van der Waals surface area contributed by atoms with Crippen LogP contribution in [0.4, 0.5) is 10.5 Å². The molecule has 3 aromatic rings. The van der Waals surface area contributed by atoms with E-state index in [9.17, 15) is 9.59 Å². The van der Waals surface area contributed by atoms with E-state index in [4.69, 9.17) is 16.3 Å². The fourth-order valence-corrected chi connectivity index (χ4v) is 5.39. The number of ether oxygens (including phenoxy) is 1. The van der Waals surface area contributed by atoms with Crippen LogP contribution in [-0.4, -0.2) is 48.0 Å². The van der Waals surface area contributed by atoms with Gasteiger partial charge in [0.2, 0.25) is 5.91 Å². The lowest BCUT2D eigenvalue weighted by atomic mass is 10.0. The Bertz CT molecular complexity index is 1190. The lowest BCUT2D eigenvalue weighted by Crippen LogP contribution is -2.49. The predicted octanol–water partition coefficient (Wildman–Crippen LogP) is 6.79. The predicted molar refractivity (Wildman–Crippen MR) is 151 cm³/mol. The van der Waals surface area contributed by atoms with Gasteiger partial charge in [0.15, 0.2) is 0 Å². The average molecular weight is 540 g/mol. The standard InChI is InChI=1S/C29H34ClN3O3S/c1-20(2)12-15-32(29(35)31-23-8-4-21(3)5-9-23)18-28(34)33-16-13-27-25(14-17-37-27)26(33)19-36-24-10-6-22(30)7-11-24/h4-11,14,17,20,26H,12-13,15-16,18-19H2,1-3H3,(H,31,35)/t26-/m1/s1. The summed E-state index contributed by atoms with van der Waals surface area (Å²) < 4.78 is 6.09. The van der Waals surface area contributed by atoms with Crippen molar-refractivity contribution in [3.63, 3.8) is 0 Å². The molecule has 0 fully saturated rings. The lowest BCUT2D eigenvalue weighted by molar-refractivity contribution is -0.135. The quantitative estimate of drug-likeness (QED) is 0.325. The average Bonchev–Trinajstić information content (AvgIpc) is 3.36. The van der Waals surface area contributed by atoms with Crippen molar-refractivity contribution in [2.24, 2.45) is 5.92 Å². The number of nitrogens with zero attached hydrogens (tertiary/aromatic N) is 2. The number of carbonyl (C=O) groups excluding carboxylic acids is 2. The molecule has 8 heteroatoms. The summed E-state index contributed by atoms with van der Waals surface area (Å²) >= 11 is 7.72. The van der Waals surface area contributed by atoms with E-state index >= 15 is 0 Å². The second kappa shape index (κ2) is 12.5. The molecule has 3 amide bonds. The molecule has 2 heterocycles. The van der Waals surface area contributed by atoms with Gasteiger partial charge in [-0.25, -0.2) is 4.79 Å². The summed E-state index contributed by atoms with van der Waals surface area (Å²) in [6, 6.07) is 16.5. The van der Waals surface area contributed by atoms with Gasteiger partial charge in [0.1, 0.15) is 18.9 Å². The number of hydrogen-bond donors (Lipinski definition) is 1. The lowest BCUT2D eigenvalue weighted by Gasteiger charge is -2.37. The van der Waals surface area contributed by atoms with E-state index in [1.54, 1.807) is 28.4 Å². The summed E-state index contributed by atoms with van der Waals surface area (Å²) in [5.74, 6) is 1.04. The summed E-state index contributed by atoms with van der Waals surface area (Å²) in [5.41, 5.74) is 2.96. The number of thiophene rings is 1. The number of urea groups is 1. The maximum Gasteiger partial charge on any atom is 0.322 e. The van der Waals surface area contributed by atoms with Gasteiger partial charge in [-0.1, -0.05) is 43.1 Å². The van der Waals surface area contributed by atoms with Crippen molar-refractivity contribution in [3.8, 4) is 5.75 Å². The van der Waals surface area contributed by atoms with Gasteiger partial charge >= 0.3 is 6.03 Å². The van der Waals surface area contributed by atoms with Crippen LogP contribution in [0, 0.1) is 12.8 Å². The SMILES string of the molecule is Cc1ccc(NC(=O)N(CCC(C)C)CC(=O)N2CCc3sccc3[C@H]2COc2ccc(Cl)cc2)cc1. The number of amides is 3. The van der Waals surface area contributed by atoms with Gasteiger partial charge in [0.05, 0.1) is 6.04 Å². The monoisotopic (exact) mass is 539 g/mol. The number of aryl methyl sites for hydroxylation is 1. The maximum absolute atomic E-state index is 13.7. The van der Waals surface area contributed by atoms with E-state index in [1.165, 1.54) is 4.88 Å². The van der Waals surface area contributed by atoms with E-state index in [1.807, 2.05) is 48.2 Å². The summed E-state index contributed by atoms with van der Waals surface area (Å²) in [6.45, 7) is 7.68. The summed E-state index contributed by atoms with van der Waals surface area (Å²) in [7, 11) is 0. The Hall–Kier alpha value is -3.03. The molecule has 0 unspecified atom stereocenters. The first-order chi connectivity index (χ1) is 17.8. The molecule has 1 atom stereocenters. The van der Waals surface area contributed by atoms with Crippen LogP contribution in [-0.2, 0) is 11.2 Å². The van der Waals surface area contributed by atoms with Gasteiger partial charge in [-0.05, 0) is 79.1 Å². The molecule has 1 aliphatic rings. The number of fused-ring (bicyclic) bond motifs is 1. The normalized spacial score (nSPS) is 14.8. The number of halogens is 1. The van der Waals surface area contributed by atoms with E-state index in [-0.39, 0.29) is 24.5 Å². The summed E-state index contributed by atoms with van der Waals surface area (Å²) in [6.07, 6.45) is 1.62. The number of rotatable bonds is 9. The van der Waals surface area contributed by atoms with Crippen LogP contribution in [0.1, 0.15) is 42.3 Å². The second-order valence-electron chi connectivity index (χ2n) is 9.82. The van der Waals surface area contributed by atoms with Crippen LogP contribution in [0.3, 0.4) is 0 Å². The first-order valence-corrected chi connectivity index (χ1v) is 13.9. The van der Waals surface area contributed by atoms with Crippen LogP contribution < -0.4 is 10.1 Å². The highest BCUT2D eigenvalue weighted by Crippen LogP contribution is 2.34. The van der Waals surface area contributed by atoms with Crippen molar-refractivity contribution in [1.82, 2.24) is 9.80 Å². The van der Waals surface area contributed by atoms with Crippen LogP contribution in [0.5, 0.6) is 5.75 Å². The molecule has 0 spiro atoms. The van der Waals surface area contributed by atoms with Crippen molar-refractivity contribution < 1.29 is 14.3 Å². The van der Waals surface area contributed by atoms with Crippen LogP contribution in [0.2, 0.25) is 5.02 Å². The molecule has 1 N–H and O–H groups in total. The van der Waals surface area contributed by atoms with Crippen molar-refractivity contribution in [1.29, 1.82) is 0 Å². The Morgan fingerprint density at radius 1 is 1.14 bits per heavy atom. The third kappa shape index (κ3) is 7.27. The van der Waals surface area contributed by atoms with Gasteiger partial charge < -0.3 is 19.9 Å². The minimum absolute atomic E-state index is 0.0152. The van der Waals surface area contributed by atoms with Gasteiger partial charge in [-0.2, -0.15) is 0 Å². The highest BCUT2D eigenvalue weighted by atomic mass is 35.5. The Balaban J connectivity index is 1.48. The zero-order valence-corrected chi connectivity index (χ0v) is 23.1. The van der Waals surface area contributed by atoms with Crippen molar-refractivity contribution in [3.05, 3.63) is 81.0 Å². The van der Waals surface area contributed by atoms with Gasteiger partial charge in [0.25, 0.3) is 0 Å². The van der Waals surface area contributed by atoms with Crippen molar-refractivity contribution in [2.75, 3.05) is 31.6 Å². The smallest absolute Gasteiger partial charge is 0.322 e. The van der Waals surface area contributed by atoms with E-state index in [0.29, 0.717) is 42.1 Å².